The zero-order chi connectivity index (χ0) is 21.3. The number of carbonyl (C=O) groups is 3. The largest absolute Gasteiger partial charge is 0.471 e. The summed E-state index contributed by atoms with van der Waals surface area (Å²) in [5, 5.41) is 4.11. The molecule has 1 aliphatic carbocycles. The summed E-state index contributed by atoms with van der Waals surface area (Å²) in [6, 6.07) is 0.280. The van der Waals surface area contributed by atoms with Crippen LogP contribution in [0.15, 0.2) is 0 Å². The second kappa shape index (κ2) is 11.1. The average molecular weight is 395 g/mol. The number of hydrogen-bond donors (Lipinski definition) is 2. The Labute approximate surface area is 159 Å². The molecule has 0 bridgehead atoms. The van der Waals surface area contributed by atoms with Crippen molar-refractivity contribution in [2.24, 2.45) is 11.3 Å². The van der Waals surface area contributed by atoms with E-state index in [0.29, 0.717) is 19.5 Å². The first-order valence-corrected chi connectivity index (χ1v) is 9.13. The van der Waals surface area contributed by atoms with E-state index < -0.39 is 24.5 Å². The van der Waals surface area contributed by atoms with Crippen LogP contribution in [0.5, 0.6) is 0 Å². The van der Waals surface area contributed by atoms with Gasteiger partial charge in [-0.25, -0.2) is 0 Å². The first-order chi connectivity index (χ1) is 12.3. The summed E-state index contributed by atoms with van der Waals surface area (Å²) in [6.07, 6.45) is 0.252. The van der Waals surface area contributed by atoms with E-state index in [0.717, 1.165) is 0 Å². The molecule has 1 heterocycles. The Bertz CT molecular complexity index is 489. The maximum atomic E-state index is 11.9. The van der Waals surface area contributed by atoms with Gasteiger partial charge in [0.25, 0.3) is 0 Å². The first-order valence-electron chi connectivity index (χ1n) is 9.13. The lowest BCUT2D eigenvalue weighted by molar-refractivity contribution is -0.174. The molecule has 1 saturated carbocycles. The van der Waals surface area contributed by atoms with Gasteiger partial charge in [0.1, 0.15) is 0 Å². The van der Waals surface area contributed by atoms with Gasteiger partial charge in [0.2, 0.25) is 12.3 Å². The normalized spacial score (nSPS) is 19.9. The van der Waals surface area contributed by atoms with Crippen molar-refractivity contribution in [3.05, 3.63) is 0 Å². The standard InChI is InChI=1S/C11H17F3N2O2.C4H9NO.C3H6/c1-7-5-16(6-10(7,2)3)8(17)4-15-9(18)11(12,13)14;1-4(2)5-3-6;1-2-3-1/h7H,4-6H2,1-3H3,(H,15,18);3-4H,1-2H3,(H,5,6);1-3H2. The third-order valence-electron chi connectivity index (χ3n) is 4.19. The number of hydrogen-bond acceptors (Lipinski definition) is 3. The molecule has 0 aromatic carbocycles. The number of amides is 3. The van der Waals surface area contributed by atoms with Crippen molar-refractivity contribution in [2.75, 3.05) is 19.6 Å². The fourth-order valence-corrected chi connectivity index (χ4v) is 1.98. The minimum Gasteiger partial charge on any atom is -0.357 e. The number of nitrogens with zero attached hydrogens (tertiary/aromatic N) is 1. The highest BCUT2D eigenvalue weighted by molar-refractivity contribution is 5.87. The smallest absolute Gasteiger partial charge is 0.357 e. The van der Waals surface area contributed by atoms with Crippen LogP contribution in [0.3, 0.4) is 0 Å². The number of nitrogens with one attached hydrogen (secondary N) is 2. The summed E-state index contributed by atoms with van der Waals surface area (Å²) in [5.41, 5.74) is -0.0519. The third kappa shape index (κ3) is 11.5. The molecule has 1 aliphatic heterocycles. The van der Waals surface area contributed by atoms with Crippen LogP contribution in [-0.4, -0.2) is 55.0 Å². The molecule has 1 unspecified atom stereocenters. The molecule has 9 heteroatoms. The molecule has 2 fully saturated rings. The highest BCUT2D eigenvalue weighted by Crippen LogP contribution is 2.34. The predicted molar refractivity (Wildman–Crippen MR) is 96.8 cm³/mol. The molecule has 3 amide bonds. The van der Waals surface area contributed by atoms with Crippen LogP contribution in [0.1, 0.15) is 53.9 Å². The Balaban J connectivity index is 0.000000614. The van der Waals surface area contributed by atoms with Gasteiger partial charge < -0.3 is 15.5 Å². The van der Waals surface area contributed by atoms with E-state index in [1.165, 1.54) is 24.2 Å². The van der Waals surface area contributed by atoms with E-state index in [1.54, 1.807) is 5.32 Å². The van der Waals surface area contributed by atoms with Gasteiger partial charge in [-0.15, -0.1) is 0 Å². The summed E-state index contributed by atoms with van der Waals surface area (Å²) in [7, 11) is 0. The molecule has 0 aromatic rings. The molecule has 6 nitrogen and oxygen atoms in total. The third-order valence-corrected chi connectivity index (χ3v) is 4.19. The van der Waals surface area contributed by atoms with E-state index in [4.69, 9.17) is 0 Å². The summed E-state index contributed by atoms with van der Waals surface area (Å²) in [4.78, 5) is 33.2. The lowest BCUT2D eigenvalue weighted by atomic mass is 9.84. The Morgan fingerprint density at radius 2 is 1.74 bits per heavy atom. The second-order valence-corrected chi connectivity index (χ2v) is 7.84. The predicted octanol–water partition coefficient (Wildman–Crippen LogP) is 2.48. The minimum absolute atomic E-state index is 0.0519. The van der Waals surface area contributed by atoms with E-state index in [1.807, 2.05) is 34.6 Å². The highest BCUT2D eigenvalue weighted by Gasteiger charge is 2.41. The second-order valence-electron chi connectivity index (χ2n) is 7.84. The van der Waals surface area contributed by atoms with Crippen LogP contribution in [-0.2, 0) is 14.4 Å². The van der Waals surface area contributed by atoms with Gasteiger partial charge in [0.15, 0.2) is 0 Å². The zero-order valence-corrected chi connectivity index (χ0v) is 16.8. The van der Waals surface area contributed by atoms with Crippen LogP contribution in [0.25, 0.3) is 0 Å². The van der Waals surface area contributed by atoms with E-state index in [-0.39, 0.29) is 17.4 Å². The van der Waals surface area contributed by atoms with Crippen LogP contribution in [0, 0.1) is 11.3 Å². The summed E-state index contributed by atoms with van der Waals surface area (Å²) >= 11 is 0. The topological polar surface area (TPSA) is 78.5 Å². The molecule has 1 atom stereocenters. The first kappa shape index (κ1) is 25.2. The number of rotatable bonds is 4. The van der Waals surface area contributed by atoms with Crippen molar-refractivity contribution in [1.82, 2.24) is 15.5 Å². The highest BCUT2D eigenvalue weighted by atomic mass is 19.4. The lowest BCUT2D eigenvalue weighted by Crippen LogP contribution is -2.44. The molecule has 158 valence electrons. The molecule has 2 N–H and O–H groups in total. The Morgan fingerprint density at radius 1 is 1.22 bits per heavy atom. The monoisotopic (exact) mass is 395 g/mol. The molecule has 27 heavy (non-hydrogen) atoms. The van der Waals surface area contributed by atoms with Gasteiger partial charge >= 0.3 is 12.1 Å². The molecular weight excluding hydrogens is 363 g/mol. The van der Waals surface area contributed by atoms with Crippen molar-refractivity contribution < 1.29 is 27.6 Å². The van der Waals surface area contributed by atoms with E-state index >= 15 is 0 Å². The van der Waals surface area contributed by atoms with Crippen LogP contribution in [0.2, 0.25) is 0 Å². The van der Waals surface area contributed by atoms with Crippen molar-refractivity contribution in [2.45, 2.75) is 66.1 Å². The van der Waals surface area contributed by atoms with E-state index in [2.05, 4.69) is 5.32 Å². The maximum absolute atomic E-state index is 11.9. The molecule has 0 radical (unpaired) electrons. The van der Waals surface area contributed by atoms with Gasteiger partial charge in [-0.2, -0.15) is 13.2 Å². The van der Waals surface area contributed by atoms with Gasteiger partial charge in [-0.1, -0.05) is 40.0 Å². The summed E-state index contributed by atoms with van der Waals surface area (Å²) < 4.78 is 35.8. The Hall–Kier alpha value is -1.80. The fourth-order valence-electron chi connectivity index (χ4n) is 1.98. The van der Waals surface area contributed by atoms with Gasteiger partial charge in [-0.05, 0) is 25.2 Å². The minimum atomic E-state index is -4.95. The molecule has 2 rings (SSSR count). The van der Waals surface area contributed by atoms with Crippen molar-refractivity contribution in [3.8, 4) is 0 Å². The molecule has 0 aromatic heterocycles. The average Bonchev–Trinajstić information content (AvgIpc) is 3.36. The fraction of sp³-hybridized carbons (Fsp3) is 0.833. The molecule has 0 spiro atoms. The summed E-state index contributed by atoms with van der Waals surface area (Å²) in [5.74, 6) is -2.29. The van der Waals surface area contributed by atoms with Crippen molar-refractivity contribution in [1.29, 1.82) is 0 Å². The van der Waals surface area contributed by atoms with Crippen molar-refractivity contribution >= 4 is 18.2 Å². The van der Waals surface area contributed by atoms with Gasteiger partial charge in [0.05, 0.1) is 6.54 Å². The van der Waals surface area contributed by atoms with Crippen LogP contribution < -0.4 is 10.6 Å². The van der Waals surface area contributed by atoms with Gasteiger partial charge in [-0.3, -0.25) is 14.4 Å². The molecular formula is C18H32F3N3O3. The van der Waals surface area contributed by atoms with E-state index in [9.17, 15) is 27.6 Å². The number of halogens is 3. The number of carbonyl (C=O) groups excluding carboxylic acids is 3. The Kier molecular flexibility index (Phi) is 10.4. The number of likely N-dealkylation sites (tertiary alicyclic amines) is 1. The molecule has 1 saturated heterocycles. The Morgan fingerprint density at radius 3 is 2.00 bits per heavy atom. The number of alkyl halides is 3. The van der Waals surface area contributed by atoms with Gasteiger partial charge in [0, 0.05) is 19.1 Å². The van der Waals surface area contributed by atoms with Crippen LogP contribution in [0.4, 0.5) is 13.2 Å². The van der Waals surface area contributed by atoms with Crippen LogP contribution >= 0.6 is 0 Å². The lowest BCUT2D eigenvalue weighted by Gasteiger charge is -2.22. The molecule has 2 aliphatic rings. The SMILES string of the molecule is C1CC1.CC(C)NC=O.CC1CN(C(=O)CNC(=O)C(F)(F)F)CC1(C)C. The summed E-state index contributed by atoms with van der Waals surface area (Å²) in [6.45, 7) is 10.2. The van der Waals surface area contributed by atoms with Crippen molar-refractivity contribution in [3.63, 3.8) is 0 Å². The maximum Gasteiger partial charge on any atom is 0.471 e. The zero-order valence-electron chi connectivity index (χ0n) is 16.8. The quantitative estimate of drug-likeness (QED) is 0.718.